The minimum atomic E-state index is -5.03. The van der Waals surface area contributed by atoms with Crippen molar-refractivity contribution in [1.82, 2.24) is 0 Å². The Balaban J connectivity index is 5.58. The van der Waals surface area contributed by atoms with E-state index in [2.05, 4.69) is 198 Å². The van der Waals surface area contributed by atoms with Crippen molar-refractivity contribution >= 4 is 39.5 Å². The van der Waals surface area contributed by atoms with Gasteiger partial charge >= 0.3 is 39.5 Å². The van der Waals surface area contributed by atoms with Crippen LogP contribution >= 0.6 is 15.6 Å². The van der Waals surface area contributed by atoms with E-state index in [1.807, 2.05) is 36.5 Å². The Morgan fingerprint density at radius 3 is 0.795 bits per heavy atom. The molecule has 19 heteroatoms. The van der Waals surface area contributed by atoms with Crippen LogP contribution in [0.5, 0.6) is 0 Å². The number of phosphoric ester groups is 2. The van der Waals surface area contributed by atoms with E-state index >= 15 is 0 Å². The van der Waals surface area contributed by atoms with Gasteiger partial charge < -0.3 is 33.8 Å². The van der Waals surface area contributed by atoms with E-state index in [-0.39, 0.29) is 25.7 Å². The van der Waals surface area contributed by atoms with Gasteiger partial charge in [0, 0.05) is 25.7 Å². The smallest absolute Gasteiger partial charge is 0.462 e. The SMILES string of the molecule is CC/C=C\C/C=C\C/C=C\C/C=C\C/C=C\CCCCCC(=O)OC[C@H](COP(=O)(O)OC[C@@H](O)COP(=O)(O)OC[C@@H](COC(=O)CC/C=C\C/C=C\C/C=C\C/C=C\C/C=C\CCCCC)OC(=O)CCCCCCC/C=C\C/C=C\CCCCC)OC(=O)CC/C=C\C/C=C\C/C=C\C/C=C\C/C=C\CCCCC. The molecule has 0 aromatic carbocycles. The summed E-state index contributed by atoms with van der Waals surface area (Å²) in [5.74, 6) is -2.44. The number of rotatable bonds is 77. The van der Waals surface area contributed by atoms with Gasteiger partial charge in [0.05, 0.1) is 26.4 Å². The summed E-state index contributed by atoms with van der Waals surface area (Å²) in [7, 11) is -10.0. The molecule has 0 fully saturated rings. The van der Waals surface area contributed by atoms with E-state index in [0.29, 0.717) is 38.5 Å². The van der Waals surface area contributed by atoms with Crippen LogP contribution in [-0.4, -0.2) is 96.7 Å². The van der Waals surface area contributed by atoms with Crippen molar-refractivity contribution in [1.29, 1.82) is 0 Å². The lowest BCUT2D eigenvalue weighted by molar-refractivity contribution is -0.161. The molecule has 0 aliphatic carbocycles. The Morgan fingerprint density at radius 2 is 0.482 bits per heavy atom. The minimum absolute atomic E-state index is 0.0249. The molecule has 0 aromatic rings. The summed E-state index contributed by atoms with van der Waals surface area (Å²) >= 11 is 0. The lowest BCUT2D eigenvalue weighted by atomic mass is 10.1. The maximum atomic E-state index is 13.1. The zero-order valence-corrected chi connectivity index (χ0v) is 71.0. The number of carbonyl (C=O) groups excluding carboxylic acids is 4. The molecule has 0 saturated carbocycles. The minimum Gasteiger partial charge on any atom is -0.462 e. The molecule has 5 atom stereocenters. The van der Waals surface area contributed by atoms with Gasteiger partial charge in [-0.15, -0.1) is 0 Å². The fourth-order valence-corrected chi connectivity index (χ4v) is 11.9. The molecule has 0 heterocycles. The molecule has 0 radical (unpaired) electrons. The Labute approximate surface area is 678 Å². The van der Waals surface area contributed by atoms with Crippen molar-refractivity contribution in [2.24, 2.45) is 0 Å². The number of aliphatic hydroxyl groups is 1. The maximum Gasteiger partial charge on any atom is 0.472 e. The van der Waals surface area contributed by atoms with Gasteiger partial charge in [-0.2, -0.15) is 0 Å². The topological polar surface area (TPSA) is 237 Å². The van der Waals surface area contributed by atoms with Crippen molar-refractivity contribution in [3.05, 3.63) is 207 Å². The van der Waals surface area contributed by atoms with Crippen LogP contribution in [0.15, 0.2) is 207 Å². The molecule has 0 aromatic heterocycles. The summed E-state index contributed by atoms with van der Waals surface area (Å²) in [5.41, 5.74) is 0. The molecule has 17 nitrogen and oxygen atoms in total. The first-order valence-electron chi connectivity index (χ1n) is 42.3. The van der Waals surface area contributed by atoms with Crippen molar-refractivity contribution in [3.63, 3.8) is 0 Å². The molecule has 0 rings (SSSR count). The Morgan fingerprint density at radius 1 is 0.259 bits per heavy atom. The molecular formula is C93H148O17P2. The molecule has 0 aliphatic heterocycles. The summed E-state index contributed by atoms with van der Waals surface area (Å²) in [6.07, 6.45) is 104. The van der Waals surface area contributed by atoms with Crippen LogP contribution in [0.1, 0.15) is 297 Å². The van der Waals surface area contributed by atoms with Gasteiger partial charge in [0.1, 0.15) is 19.3 Å². The quantitative estimate of drug-likeness (QED) is 0.0169. The molecule has 0 spiro atoms. The molecule has 0 aliphatic rings. The van der Waals surface area contributed by atoms with Crippen LogP contribution in [0.2, 0.25) is 0 Å². The molecular weight excluding hydrogens is 1450 g/mol. The first-order chi connectivity index (χ1) is 54.7. The van der Waals surface area contributed by atoms with Crippen molar-refractivity contribution < 1.29 is 80.2 Å². The zero-order valence-electron chi connectivity index (χ0n) is 69.3. The highest BCUT2D eigenvalue weighted by Gasteiger charge is 2.30. The summed E-state index contributed by atoms with van der Waals surface area (Å²) in [5, 5.41) is 10.7. The number of allylic oxidation sites excluding steroid dienone is 34. The lowest BCUT2D eigenvalue weighted by Crippen LogP contribution is -2.30. The molecule has 2 unspecified atom stereocenters. The van der Waals surface area contributed by atoms with Gasteiger partial charge in [-0.25, -0.2) is 9.13 Å². The molecule has 0 bridgehead atoms. The fourth-order valence-electron chi connectivity index (χ4n) is 10.3. The zero-order chi connectivity index (χ0) is 81.7. The number of aliphatic hydroxyl groups excluding tert-OH is 1. The molecule has 0 amide bonds. The van der Waals surface area contributed by atoms with E-state index in [0.717, 1.165) is 148 Å². The average Bonchev–Trinajstić information content (AvgIpc) is 0.898. The Hall–Kier alpha value is -6.36. The van der Waals surface area contributed by atoms with Crippen LogP contribution < -0.4 is 0 Å². The van der Waals surface area contributed by atoms with Gasteiger partial charge in [-0.05, 0) is 180 Å². The van der Waals surface area contributed by atoms with Gasteiger partial charge in [-0.3, -0.25) is 37.3 Å². The predicted molar refractivity (Wildman–Crippen MR) is 463 cm³/mol. The van der Waals surface area contributed by atoms with E-state index in [1.165, 1.54) is 57.8 Å². The van der Waals surface area contributed by atoms with E-state index in [1.54, 1.807) is 0 Å². The van der Waals surface area contributed by atoms with Gasteiger partial charge in [0.15, 0.2) is 12.2 Å². The summed E-state index contributed by atoms with van der Waals surface area (Å²) in [4.78, 5) is 73.2. The third-order valence-corrected chi connectivity index (χ3v) is 18.6. The number of ether oxygens (including phenoxy) is 4. The molecule has 3 N–H and O–H groups in total. The normalized spacial score (nSPS) is 14.8. The third-order valence-electron chi connectivity index (χ3n) is 16.7. The van der Waals surface area contributed by atoms with E-state index in [9.17, 15) is 43.2 Å². The summed E-state index contributed by atoms with van der Waals surface area (Å²) in [6, 6.07) is 0. The van der Waals surface area contributed by atoms with E-state index < -0.39 is 97.5 Å². The van der Waals surface area contributed by atoms with Crippen molar-refractivity contribution in [2.45, 2.75) is 316 Å². The largest absolute Gasteiger partial charge is 0.472 e. The number of hydrogen-bond donors (Lipinski definition) is 3. The average molecular weight is 1600 g/mol. The summed E-state index contributed by atoms with van der Waals surface area (Å²) < 4.78 is 68.6. The highest BCUT2D eigenvalue weighted by atomic mass is 31.2. The van der Waals surface area contributed by atoms with Crippen LogP contribution in [0, 0.1) is 0 Å². The molecule has 0 saturated heterocycles. The van der Waals surface area contributed by atoms with E-state index in [4.69, 9.17) is 37.0 Å². The lowest BCUT2D eigenvalue weighted by Gasteiger charge is -2.21. The number of phosphoric acid groups is 2. The van der Waals surface area contributed by atoms with Crippen LogP contribution in [-0.2, 0) is 65.4 Å². The first-order valence-corrected chi connectivity index (χ1v) is 45.3. The predicted octanol–water partition coefficient (Wildman–Crippen LogP) is 25.4. The maximum absolute atomic E-state index is 13.1. The van der Waals surface area contributed by atoms with Gasteiger partial charge in [-0.1, -0.05) is 298 Å². The van der Waals surface area contributed by atoms with Crippen molar-refractivity contribution in [3.8, 4) is 0 Å². The summed E-state index contributed by atoms with van der Waals surface area (Å²) in [6.45, 7) is 4.44. The fraction of sp³-hybridized carbons (Fsp3) is 0.591. The van der Waals surface area contributed by atoms with Crippen LogP contribution in [0.4, 0.5) is 0 Å². The standard InChI is InChI=1S/C93H148O17P2/c1-5-9-13-17-21-25-29-33-37-40-43-46-50-53-57-61-65-69-73-77-90(95)103-83-88(109-92(97)79-75-71-67-63-59-55-49-36-32-28-24-20-16-12-8-4)85-107-111(99,100)105-81-87(94)82-106-112(101,102)108-86-89(110-93(98)80-76-72-68-64-60-56-52-48-45-42-39-35-31-27-23-19-15-11-7-3)84-104-91(96)78-74-70-66-62-58-54-51-47-44-41-38-34-30-26-22-18-14-10-6-2/h10,14,21-28,33-39,43-49,53-54,56-58,60,65,68-69,72,87-89,94H,5-9,11-13,15-20,29-32,40-42,50-52,55,59,61-64,66-67,70-71,73-86H2,1-4H3,(H,99,100)(H,101,102)/b14-10-,25-21-,26-22-,27-23-,28-24-,37-33-,38-34-,39-35-,46-43-,47-44-,48-45-,49-36-,57-53-,58-54-,60-56-,69-65-,72-68-/t87-,88+,89+/m0/s1. The van der Waals surface area contributed by atoms with Gasteiger partial charge in [0.25, 0.3) is 0 Å². The second-order valence-corrected chi connectivity index (χ2v) is 30.2. The molecule has 632 valence electrons. The number of hydrogen-bond acceptors (Lipinski definition) is 15. The first kappa shape index (κ1) is 106. The third kappa shape index (κ3) is 81.6. The van der Waals surface area contributed by atoms with Crippen molar-refractivity contribution in [2.75, 3.05) is 39.6 Å². The Kier molecular flexibility index (Phi) is 77.9. The van der Waals surface area contributed by atoms with Crippen LogP contribution in [0.25, 0.3) is 0 Å². The number of unbranched alkanes of at least 4 members (excludes halogenated alkanes) is 17. The second kappa shape index (κ2) is 82.6. The highest BCUT2D eigenvalue weighted by molar-refractivity contribution is 7.47. The Bertz CT molecular complexity index is 2940. The monoisotopic (exact) mass is 1600 g/mol. The molecule has 112 heavy (non-hydrogen) atoms. The van der Waals surface area contributed by atoms with Crippen LogP contribution in [0.3, 0.4) is 0 Å². The number of esters is 4. The highest BCUT2D eigenvalue weighted by Crippen LogP contribution is 2.45. The van der Waals surface area contributed by atoms with Gasteiger partial charge in [0.2, 0.25) is 0 Å². The number of carbonyl (C=O) groups is 4. The second-order valence-electron chi connectivity index (χ2n) is 27.3.